The fraction of sp³-hybridized carbons (Fsp3) is 0.0769. The van der Waals surface area contributed by atoms with Gasteiger partial charge < -0.3 is 0 Å². The molecule has 1 aromatic heterocycles. The lowest BCUT2D eigenvalue weighted by Crippen LogP contribution is -2.04. The largest absolute Gasteiger partial charge is 0.289 e. The first-order chi connectivity index (χ1) is 8.59. The molecule has 1 aromatic carbocycles. The number of nitrogens with zero attached hydrogens (tertiary/aromatic N) is 2. The Balaban J connectivity index is 2.41. The maximum absolute atomic E-state index is 12.2. The fourth-order valence-electron chi connectivity index (χ4n) is 1.67. The van der Waals surface area contributed by atoms with Crippen molar-refractivity contribution in [3.05, 3.63) is 69.5 Å². The van der Waals surface area contributed by atoms with Gasteiger partial charge in [0.2, 0.25) is 0 Å². The Kier molecular flexibility index (Phi) is 3.14. The standard InChI is InChI=1S/C13H10N2O3/c1-9-8-11(15(17)18)2-3-12(9)13(16)10-4-6-14-7-5-10/h2-8H,1H3. The van der Waals surface area contributed by atoms with Gasteiger partial charge in [0, 0.05) is 35.7 Å². The fourth-order valence-corrected chi connectivity index (χ4v) is 1.67. The van der Waals surface area contributed by atoms with Gasteiger partial charge in [-0.15, -0.1) is 0 Å². The Labute approximate surface area is 103 Å². The van der Waals surface area contributed by atoms with Crippen LogP contribution in [-0.2, 0) is 0 Å². The van der Waals surface area contributed by atoms with Crippen LogP contribution >= 0.6 is 0 Å². The summed E-state index contributed by atoms with van der Waals surface area (Å²) in [6.07, 6.45) is 3.07. The molecule has 2 rings (SSSR count). The highest BCUT2D eigenvalue weighted by Gasteiger charge is 2.14. The highest BCUT2D eigenvalue weighted by atomic mass is 16.6. The molecule has 0 unspecified atom stereocenters. The second kappa shape index (κ2) is 4.75. The molecule has 18 heavy (non-hydrogen) atoms. The van der Waals surface area contributed by atoms with Gasteiger partial charge in [0.25, 0.3) is 5.69 Å². The molecule has 90 valence electrons. The van der Waals surface area contributed by atoms with Crippen LogP contribution in [-0.4, -0.2) is 15.7 Å². The molecule has 0 aliphatic heterocycles. The molecule has 0 radical (unpaired) electrons. The van der Waals surface area contributed by atoms with Gasteiger partial charge in [-0.2, -0.15) is 0 Å². The molecular weight excluding hydrogens is 232 g/mol. The maximum Gasteiger partial charge on any atom is 0.269 e. The zero-order valence-electron chi connectivity index (χ0n) is 9.66. The number of rotatable bonds is 3. The lowest BCUT2D eigenvalue weighted by molar-refractivity contribution is -0.384. The monoisotopic (exact) mass is 242 g/mol. The van der Waals surface area contributed by atoms with Crippen molar-refractivity contribution in [3.8, 4) is 0 Å². The minimum atomic E-state index is -0.478. The number of nitro benzene ring substituents is 1. The first-order valence-corrected chi connectivity index (χ1v) is 5.29. The summed E-state index contributed by atoms with van der Waals surface area (Å²) < 4.78 is 0. The molecule has 0 saturated heterocycles. The van der Waals surface area contributed by atoms with Crippen LogP contribution in [0.15, 0.2) is 42.7 Å². The minimum Gasteiger partial charge on any atom is -0.289 e. The number of aromatic nitrogens is 1. The van der Waals surface area contributed by atoms with Crippen molar-refractivity contribution >= 4 is 11.5 Å². The molecule has 0 aliphatic carbocycles. The number of nitro groups is 1. The highest BCUT2D eigenvalue weighted by Crippen LogP contribution is 2.19. The molecule has 0 aliphatic rings. The molecule has 5 heteroatoms. The van der Waals surface area contributed by atoms with E-state index in [0.29, 0.717) is 16.7 Å². The lowest BCUT2D eigenvalue weighted by Gasteiger charge is -2.04. The summed E-state index contributed by atoms with van der Waals surface area (Å²) in [5, 5.41) is 10.6. The normalized spacial score (nSPS) is 10.1. The molecule has 1 heterocycles. The van der Waals surface area contributed by atoms with Crippen LogP contribution in [0.2, 0.25) is 0 Å². The first-order valence-electron chi connectivity index (χ1n) is 5.29. The van der Waals surface area contributed by atoms with Crippen molar-refractivity contribution < 1.29 is 9.72 Å². The van der Waals surface area contributed by atoms with E-state index < -0.39 is 4.92 Å². The number of carbonyl (C=O) groups is 1. The zero-order valence-corrected chi connectivity index (χ0v) is 9.66. The summed E-state index contributed by atoms with van der Waals surface area (Å²) in [4.78, 5) is 26.1. The van der Waals surface area contributed by atoms with E-state index in [2.05, 4.69) is 4.98 Å². The van der Waals surface area contributed by atoms with Crippen molar-refractivity contribution in [2.24, 2.45) is 0 Å². The molecule has 0 spiro atoms. The van der Waals surface area contributed by atoms with E-state index in [-0.39, 0.29) is 11.5 Å². The Morgan fingerprint density at radius 1 is 1.22 bits per heavy atom. The van der Waals surface area contributed by atoms with E-state index in [4.69, 9.17) is 0 Å². The summed E-state index contributed by atoms with van der Waals surface area (Å²) in [5.74, 6) is -0.162. The predicted octanol–water partition coefficient (Wildman–Crippen LogP) is 2.53. The average molecular weight is 242 g/mol. The average Bonchev–Trinajstić information content (AvgIpc) is 2.38. The third-order valence-corrected chi connectivity index (χ3v) is 2.61. The molecule has 0 amide bonds. The summed E-state index contributed by atoms with van der Waals surface area (Å²) >= 11 is 0. The lowest BCUT2D eigenvalue weighted by atomic mass is 9.99. The summed E-state index contributed by atoms with van der Waals surface area (Å²) in [6, 6.07) is 7.44. The number of ketones is 1. The number of hydrogen-bond acceptors (Lipinski definition) is 4. The Hall–Kier alpha value is -2.56. The van der Waals surface area contributed by atoms with Crippen molar-refractivity contribution in [3.63, 3.8) is 0 Å². The zero-order chi connectivity index (χ0) is 13.1. The summed E-state index contributed by atoms with van der Waals surface area (Å²) in [7, 11) is 0. The molecule has 0 atom stereocenters. The summed E-state index contributed by atoms with van der Waals surface area (Å²) in [5.41, 5.74) is 1.55. The van der Waals surface area contributed by atoms with E-state index in [1.165, 1.54) is 30.6 Å². The minimum absolute atomic E-state index is 0.0150. The van der Waals surface area contributed by atoms with Gasteiger partial charge in [-0.1, -0.05) is 0 Å². The molecule has 2 aromatic rings. The number of carbonyl (C=O) groups excluding carboxylic acids is 1. The second-order valence-electron chi connectivity index (χ2n) is 3.82. The van der Waals surface area contributed by atoms with E-state index in [0.717, 1.165) is 0 Å². The van der Waals surface area contributed by atoms with E-state index in [9.17, 15) is 14.9 Å². The van der Waals surface area contributed by atoms with Gasteiger partial charge in [-0.05, 0) is 30.7 Å². The number of benzene rings is 1. The van der Waals surface area contributed by atoms with Crippen molar-refractivity contribution in [1.29, 1.82) is 0 Å². The number of non-ortho nitro benzene ring substituents is 1. The topological polar surface area (TPSA) is 73.1 Å². The van der Waals surface area contributed by atoms with Crippen LogP contribution in [0.1, 0.15) is 21.5 Å². The second-order valence-corrected chi connectivity index (χ2v) is 3.82. The van der Waals surface area contributed by atoms with Crippen LogP contribution in [0, 0.1) is 17.0 Å². The SMILES string of the molecule is Cc1cc([N+](=O)[O-])ccc1C(=O)c1ccncc1. The Morgan fingerprint density at radius 3 is 2.44 bits per heavy atom. The summed E-state index contributed by atoms with van der Waals surface area (Å²) in [6.45, 7) is 1.68. The third-order valence-electron chi connectivity index (χ3n) is 2.61. The first kappa shape index (κ1) is 11.9. The van der Waals surface area contributed by atoms with Crippen molar-refractivity contribution in [1.82, 2.24) is 4.98 Å². The van der Waals surface area contributed by atoms with Gasteiger partial charge in [-0.3, -0.25) is 19.9 Å². The van der Waals surface area contributed by atoms with Crippen LogP contribution in [0.25, 0.3) is 0 Å². The smallest absolute Gasteiger partial charge is 0.269 e. The van der Waals surface area contributed by atoms with E-state index in [1.54, 1.807) is 19.1 Å². The van der Waals surface area contributed by atoms with Crippen molar-refractivity contribution in [2.75, 3.05) is 0 Å². The number of aryl methyl sites for hydroxylation is 1. The molecule has 0 N–H and O–H groups in total. The maximum atomic E-state index is 12.2. The van der Waals surface area contributed by atoms with Crippen LogP contribution in [0.5, 0.6) is 0 Å². The van der Waals surface area contributed by atoms with E-state index in [1.807, 2.05) is 0 Å². The Bertz CT molecular complexity index is 609. The van der Waals surface area contributed by atoms with Gasteiger partial charge in [0.15, 0.2) is 5.78 Å². The molecule has 0 bridgehead atoms. The van der Waals surface area contributed by atoms with Gasteiger partial charge >= 0.3 is 0 Å². The van der Waals surface area contributed by atoms with E-state index >= 15 is 0 Å². The molecule has 5 nitrogen and oxygen atoms in total. The van der Waals surface area contributed by atoms with Crippen molar-refractivity contribution in [2.45, 2.75) is 6.92 Å². The molecule has 0 saturated carbocycles. The van der Waals surface area contributed by atoms with Gasteiger partial charge in [0.1, 0.15) is 0 Å². The molecule has 0 fully saturated rings. The highest BCUT2D eigenvalue weighted by molar-refractivity contribution is 6.09. The molecular formula is C13H10N2O3. The number of pyridine rings is 1. The predicted molar refractivity (Wildman–Crippen MR) is 65.5 cm³/mol. The number of hydrogen-bond donors (Lipinski definition) is 0. The Morgan fingerprint density at radius 2 is 1.89 bits per heavy atom. The van der Waals surface area contributed by atoms with Gasteiger partial charge in [-0.25, -0.2) is 0 Å². The quantitative estimate of drug-likeness (QED) is 0.471. The van der Waals surface area contributed by atoms with Crippen LogP contribution < -0.4 is 0 Å². The van der Waals surface area contributed by atoms with Gasteiger partial charge in [0.05, 0.1) is 4.92 Å². The van der Waals surface area contributed by atoms with Crippen LogP contribution in [0.3, 0.4) is 0 Å². The third kappa shape index (κ3) is 2.24. The van der Waals surface area contributed by atoms with Crippen LogP contribution in [0.4, 0.5) is 5.69 Å².